The quantitative estimate of drug-likeness (QED) is 0.601. The number of ether oxygens (including phenoxy) is 1. The van der Waals surface area contributed by atoms with Gasteiger partial charge in [0.05, 0.1) is 6.61 Å². The summed E-state index contributed by atoms with van der Waals surface area (Å²) in [7, 11) is 1.49. The first-order valence-corrected chi connectivity index (χ1v) is 6.49. The molecule has 0 saturated heterocycles. The number of hydrogen-bond donors (Lipinski definition) is 2. The average molecular weight is 299 g/mol. The molecular formula is C8H15ClN4O2S2. The van der Waals surface area contributed by atoms with Gasteiger partial charge in [-0.1, -0.05) is 30.0 Å². The van der Waals surface area contributed by atoms with Gasteiger partial charge in [-0.2, -0.15) is 0 Å². The molecule has 0 aliphatic heterocycles. The minimum Gasteiger partial charge on any atom is -0.383 e. The molecule has 1 atom stereocenters. The Bertz CT molecular complexity index is 350. The fourth-order valence-corrected chi connectivity index (χ4v) is 2.55. The Morgan fingerprint density at radius 1 is 1.65 bits per heavy atom. The smallest absolute Gasteiger partial charge is 0.245 e. The lowest BCUT2D eigenvalue weighted by Crippen LogP contribution is -2.39. The zero-order valence-corrected chi connectivity index (χ0v) is 12.0. The normalized spacial score (nSPS) is 11.7. The maximum absolute atomic E-state index is 11.5. The van der Waals surface area contributed by atoms with E-state index in [1.165, 1.54) is 18.4 Å². The van der Waals surface area contributed by atoms with Gasteiger partial charge in [0.25, 0.3) is 0 Å². The van der Waals surface area contributed by atoms with Crippen LogP contribution in [0.4, 0.5) is 5.13 Å². The van der Waals surface area contributed by atoms with E-state index in [2.05, 4.69) is 15.5 Å². The Balaban J connectivity index is 0.00000256. The first-order valence-electron chi connectivity index (χ1n) is 4.69. The fraction of sp³-hybridized carbons (Fsp3) is 0.625. The molecule has 1 amide bonds. The van der Waals surface area contributed by atoms with E-state index in [0.29, 0.717) is 5.13 Å². The van der Waals surface area contributed by atoms with Crippen molar-refractivity contribution in [2.75, 3.05) is 24.8 Å². The zero-order chi connectivity index (χ0) is 12.0. The van der Waals surface area contributed by atoms with Crippen LogP contribution < -0.4 is 11.1 Å². The lowest BCUT2D eigenvalue weighted by atomic mass is 10.3. The van der Waals surface area contributed by atoms with Crippen molar-refractivity contribution < 1.29 is 9.53 Å². The average Bonchev–Trinajstić information content (AvgIpc) is 2.66. The van der Waals surface area contributed by atoms with E-state index in [1.807, 2.05) is 6.92 Å². The molecular weight excluding hydrogens is 284 g/mol. The Morgan fingerprint density at radius 2 is 2.35 bits per heavy atom. The van der Waals surface area contributed by atoms with Crippen LogP contribution in [0.25, 0.3) is 0 Å². The van der Waals surface area contributed by atoms with E-state index >= 15 is 0 Å². The molecule has 1 aromatic rings. The number of nitrogens with one attached hydrogen (secondary N) is 1. The Kier molecular flexibility index (Phi) is 8.44. The van der Waals surface area contributed by atoms with E-state index < -0.39 is 6.04 Å². The van der Waals surface area contributed by atoms with Crippen LogP contribution in [0.15, 0.2) is 4.34 Å². The first-order chi connectivity index (χ1) is 7.67. The Labute approximate surface area is 114 Å². The number of hydrogen-bond acceptors (Lipinski definition) is 7. The van der Waals surface area contributed by atoms with Gasteiger partial charge >= 0.3 is 0 Å². The predicted molar refractivity (Wildman–Crippen MR) is 72.0 cm³/mol. The number of methoxy groups -OCH3 is 1. The number of thioether (sulfide) groups is 1. The molecule has 0 saturated carbocycles. The predicted octanol–water partition coefficient (Wildman–Crippen LogP) is 0.984. The molecule has 0 bridgehead atoms. The summed E-state index contributed by atoms with van der Waals surface area (Å²) < 4.78 is 5.62. The second-order valence-corrected chi connectivity index (χ2v) is 5.35. The van der Waals surface area contributed by atoms with Crippen LogP contribution in [0.1, 0.15) is 6.92 Å². The number of amides is 1. The summed E-state index contributed by atoms with van der Waals surface area (Å²) in [4.78, 5) is 11.5. The number of carbonyl (C=O) groups excluding carboxylic acids is 1. The van der Waals surface area contributed by atoms with E-state index in [1.54, 1.807) is 11.8 Å². The van der Waals surface area contributed by atoms with Crippen molar-refractivity contribution in [3.63, 3.8) is 0 Å². The summed E-state index contributed by atoms with van der Waals surface area (Å²) in [5.41, 5.74) is 5.56. The molecule has 1 heterocycles. The largest absolute Gasteiger partial charge is 0.383 e. The molecule has 1 rings (SSSR count). The topological polar surface area (TPSA) is 90.1 Å². The molecule has 3 N–H and O–H groups in total. The lowest BCUT2D eigenvalue weighted by molar-refractivity contribution is -0.118. The van der Waals surface area contributed by atoms with Gasteiger partial charge in [0.1, 0.15) is 6.04 Å². The van der Waals surface area contributed by atoms with Gasteiger partial charge in [-0.25, -0.2) is 0 Å². The molecule has 1 unspecified atom stereocenters. The van der Waals surface area contributed by atoms with Crippen molar-refractivity contribution >= 4 is 46.5 Å². The molecule has 0 spiro atoms. The summed E-state index contributed by atoms with van der Waals surface area (Å²) in [6, 6.07) is -0.684. The molecule has 0 aliphatic carbocycles. The minimum absolute atomic E-state index is 0. The van der Waals surface area contributed by atoms with Gasteiger partial charge < -0.3 is 10.5 Å². The highest BCUT2D eigenvalue weighted by molar-refractivity contribution is 8.01. The number of nitrogens with two attached hydrogens (primary N) is 1. The van der Waals surface area contributed by atoms with Crippen LogP contribution in [0, 0.1) is 0 Å². The number of rotatable bonds is 6. The van der Waals surface area contributed by atoms with Crippen molar-refractivity contribution in [2.24, 2.45) is 5.73 Å². The second-order valence-electron chi connectivity index (χ2n) is 2.86. The molecule has 0 aromatic carbocycles. The molecule has 0 radical (unpaired) electrons. The SMILES string of the molecule is CCSc1nnc(NC(=O)C(N)COC)s1.Cl. The third kappa shape index (κ3) is 5.64. The monoisotopic (exact) mass is 298 g/mol. The van der Waals surface area contributed by atoms with Gasteiger partial charge in [-0.15, -0.1) is 22.6 Å². The van der Waals surface area contributed by atoms with Crippen molar-refractivity contribution in [3.05, 3.63) is 0 Å². The summed E-state index contributed by atoms with van der Waals surface area (Å²) in [6.45, 7) is 2.21. The number of aromatic nitrogens is 2. The number of nitrogens with zero attached hydrogens (tertiary/aromatic N) is 2. The van der Waals surface area contributed by atoms with Crippen LogP contribution in [-0.4, -0.2) is 41.6 Å². The van der Waals surface area contributed by atoms with Crippen LogP contribution in [0.2, 0.25) is 0 Å². The second kappa shape index (κ2) is 8.65. The molecule has 0 fully saturated rings. The summed E-state index contributed by atoms with van der Waals surface area (Å²) >= 11 is 2.91. The molecule has 98 valence electrons. The van der Waals surface area contributed by atoms with Crippen molar-refractivity contribution in [2.45, 2.75) is 17.3 Å². The third-order valence-corrected chi connectivity index (χ3v) is 3.44. The molecule has 9 heteroatoms. The highest BCUT2D eigenvalue weighted by atomic mass is 35.5. The van der Waals surface area contributed by atoms with Crippen LogP contribution in [0.5, 0.6) is 0 Å². The van der Waals surface area contributed by atoms with Crippen LogP contribution in [0.3, 0.4) is 0 Å². The van der Waals surface area contributed by atoms with E-state index in [9.17, 15) is 4.79 Å². The number of carbonyl (C=O) groups is 1. The van der Waals surface area contributed by atoms with Crippen LogP contribution in [-0.2, 0) is 9.53 Å². The molecule has 1 aromatic heterocycles. The molecule has 17 heavy (non-hydrogen) atoms. The fourth-order valence-electron chi connectivity index (χ4n) is 0.895. The maximum atomic E-state index is 11.5. The van der Waals surface area contributed by atoms with E-state index in [-0.39, 0.29) is 24.9 Å². The zero-order valence-electron chi connectivity index (χ0n) is 9.50. The third-order valence-electron chi connectivity index (χ3n) is 1.59. The van der Waals surface area contributed by atoms with Crippen molar-refractivity contribution in [3.8, 4) is 0 Å². The van der Waals surface area contributed by atoms with E-state index in [4.69, 9.17) is 10.5 Å². The highest BCUT2D eigenvalue weighted by Gasteiger charge is 2.15. The van der Waals surface area contributed by atoms with Gasteiger partial charge in [0.15, 0.2) is 4.34 Å². The maximum Gasteiger partial charge on any atom is 0.245 e. The first kappa shape index (κ1) is 16.6. The van der Waals surface area contributed by atoms with Crippen molar-refractivity contribution in [1.82, 2.24) is 10.2 Å². The standard InChI is InChI=1S/C8H14N4O2S2.ClH/c1-3-15-8-12-11-7(16-8)10-6(13)5(9)4-14-2;/h5H,3-4,9H2,1-2H3,(H,10,11,13);1H. The van der Waals surface area contributed by atoms with Gasteiger partial charge in [0.2, 0.25) is 11.0 Å². The van der Waals surface area contributed by atoms with E-state index in [0.717, 1.165) is 10.1 Å². The van der Waals surface area contributed by atoms with Crippen molar-refractivity contribution in [1.29, 1.82) is 0 Å². The van der Waals surface area contributed by atoms with Gasteiger partial charge in [0, 0.05) is 7.11 Å². The molecule has 0 aliphatic rings. The molecule has 6 nitrogen and oxygen atoms in total. The summed E-state index contributed by atoms with van der Waals surface area (Å²) in [6.07, 6.45) is 0. The Hall–Kier alpha value is -0.410. The number of halogens is 1. The van der Waals surface area contributed by atoms with Crippen LogP contribution >= 0.6 is 35.5 Å². The number of anilines is 1. The summed E-state index contributed by atoms with van der Waals surface area (Å²) in [5.74, 6) is 0.609. The Morgan fingerprint density at radius 3 is 2.94 bits per heavy atom. The summed E-state index contributed by atoms with van der Waals surface area (Å²) in [5, 5.41) is 10.8. The van der Waals surface area contributed by atoms with Gasteiger partial charge in [-0.3, -0.25) is 10.1 Å². The lowest BCUT2D eigenvalue weighted by Gasteiger charge is -2.08. The van der Waals surface area contributed by atoms with Gasteiger partial charge in [-0.05, 0) is 5.75 Å². The highest BCUT2D eigenvalue weighted by Crippen LogP contribution is 2.24. The minimum atomic E-state index is -0.684.